The fourth-order valence-corrected chi connectivity index (χ4v) is 5.70. The Balaban J connectivity index is 1.36. The quantitative estimate of drug-likeness (QED) is 0.569. The molecule has 0 aliphatic carbocycles. The number of thiazole rings is 1. The molecule has 31 heavy (non-hydrogen) atoms. The Bertz CT molecular complexity index is 1140. The number of hydrogen-bond acceptors (Lipinski definition) is 7. The van der Waals surface area contributed by atoms with Crippen molar-refractivity contribution in [3.05, 3.63) is 65.1 Å². The first kappa shape index (κ1) is 21.7. The van der Waals surface area contributed by atoms with Crippen LogP contribution in [-0.2, 0) is 22.1 Å². The van der Waals surface area contributed by atoms with Gasteiger partial charge in [0.1, 0.15) is 11.5 Å². The van der Waals surface area contributed by atoms with Crippen LogP contribution in [0.4, 0.5) is 5.13 Å². The normalized spacial score (nSPS) is 17.5. The summed E-state index contributed by atoms with van der Waals surface area (Å²) in [6.07, 6.45) is 2.47. The predicted molar refractivity (Wildman–Crippen MR) is 120 cm³/mol. The average molecular weight is 460 g/mol. The van der Waals surface area contributed by atoms with Gasteiger partial charge in [-0.1, -0.05) is 25.1 Å². The standard InChI is InChI=1S/C22H25N3O4S2/c1-16-6-5-11-25(12-16)13-17-14-30-22(23-17)24-21(26)20-10-9-18(29-20)15-31(27,28)19-7-3-2-4-8-19/h2-4,7-10,14,16H,5-6,11-13,15H2,1H3,(H,23,24,26). The Morgan fingerprint density at radius 1 is 1.26 bits per heavy atom. The van der Waals surface area contributed by atoms with Crippen molar-refractivity contribution >= 4 is 32.2 Å². The first-order valence-corrected chi connectivity index (χ1v) is 12.8. The van der Waals surface area contributed by atoms with Crippen molar-refractivity contribution in [1.82, 2.24) is 9.88 Å². The molecule has 9 heteroatoms. The summed E-state index contributed by atoms with van der Waals surface area (Å²) in [6, 6.07) is 11.2. The number of hydrogen-bond donors (Lipinski definition) is 1. The number of nitrogens with one attached hydrogen (secondary N) is 1. The number of nitrogens with zero attached hydrogens (tertiary/aromatic N) is 2. The topological polar surface area (TPSA) is 92.5 Å². The Morgan fingerprint density at radius 3 is 2.84 bits per heavy atom. The second-order valence-corrected chi connectivity index (χ2v) is 10.8. The zero-order valence-corrected chi connectivity index (χ0v) is 18.9. The van der Waals surface area contributed by atoms with Gasteiger partial charge in [0.05, 0.1) is 10.6 Å². The highest BCUT2D eigenvalue weighted by Gasteiger charge is 2.20. The second kappa shape index (κ2) is 9.33. The number of piperidine rings is 1. The van der Waals surface area contributed by atoms with Crippen LogP contribution in [0.3, 0.4) is 0 Å². The fraction of sp³-hybridized carbons (Fsp3) is 0.364. The van der Waals surface area contributed by atoms with Gasteiger partial charge < -0.3 is 4.42 Å². The Labute approximate surface area is 186 Å². The number of rotatable bonds is 7. The smallest absolute Gasteiger partial charge is 0.293 e. The Morgan fingerprint density at radius 2 is 2.06 bits per heavy atom. The molecule has 164 valence electrons. The van der Waals surface area contributed by atoms with Crippen LogP contribution in [-0.4, -0.2) is 37.3 Å². The van der Waals surface area contributed by atoms with Crippen LogP contribution in [0.25, 0.3) is 0 Å². The van der Waals surface area contributed by atoms with Crippen LogP contribution in [0, 0.1) is 5.92 Å². The largest absolute Gasteiger partial charge is 0.455 e. The summed E-state index contributed by atoms with van der Waals surface area (Å²) in [4.78, 5) is 19.6. The molecular weight excluding hydrogens is 434 g/mol. The summed E-state index contributed by atoms with van der Waals surface area (Å²) in [7, 11) is -3.54. The number of amides is 1. The lowest BCUT2D eigenvalue weighted by Crippen LogP contribution is -2.33. The minimum absolute atomic E-state index is 0.0554. The minimum Gasteiger partial charge on any atom is -0.455 e. The van der Waals surface area contributed by atoms with E-state index in [1.807, 2.05) is 5.38 Å². The molecule has 1 unspecified atom stereocenters. The first-order chi connectivity index (χ1) is 14.9. The number of carbonyl (C=O) groups is 1. The lowest BCUT2D eigenvalue weighted by Gasteiger charge is -2.30. The van der Waals surface area contributed by atoms with Gasteiger partial charge in [0.25, 0.3) is 5.91 Å². The van der Waals surface area contributed by atoms with Crippen LogP contribution in [0.15, 0.2) is 57.2 Å². The lowest BCUT2D eigenvalue weighted by molar-refractivity contribution is 0.0995. The van der Waals surface area contributed by atoms with E-state index in [1.54, 1.807) is 18.2 Å². The van der Waals surface area contributed by atoms with E-state index < -0.39 is 15.7 Å². The number of aromatic nitrogens is 1. The zero-order chi connectivity index (χ0) is 21.8. The number of benzene rings is 1. The highest BCUT2D eigenvalue weighted by atomic mass is 32.2. The van der Waals surface area contributed by atoms with E-state index in [4.69, 9.17) is 4.42 Å². The molecule has 1 N–H and O–H groups in total. The van der Waals surface area contributed by atoms with Crippen molar-refractivity contribution in [2.75, 3.05) is 18.4 Å². The second-order valence-electron chi connectivity index (χ2n) is 7.92. The van der Waals surface area contributed by atoms with Crippen molar-refractivity contribution in [2.45, 2.75) is 37.0 Å². The van der Waals surface area contributed by atoms with Crippen molar-refractivity contribution in [3.63, 3.8) is 0 Å². The predicted octanol–water partition coefficient (Wildman–Crippen LogP) is 4.19. The molecule has 1 atom stereocenters. The maximum atomic E-state index is 12.5. The lowest BCUT2D eigenvalue weighted by atomic mass is 10.0. The first-order valence-electron chi connectivity index (χ1n) is 10.2. The summed E-state index contributed by atoms with van der Waals surface area (Å²) < 4.78 is 30.5. The van der Waals surface area contributed by atoms with Crippen molar-refractivity contribution in [3.8, 4) is 0 Å². The van der Waals surface area contributed by atoms with E-state index in [-0.39, 0.29) is 22.2 Å². The van der Waals surface area contributed by atoms with Crippen LogP contribution in [0.1, 0.15) is 41.8 Å². The Hall–Kier alpha value is -2.49. The molecule has 7 nitrogen and oxygen atoms in total. The number of sulfone groups is 1. The number of furan rings is 1. The molecule has 0 saturated carbocycles. The van der Waals surface area contributed by atoms with E-state index in [1.165, 1.54) is 48.4 Å². The molecular formula is C22H25N3O4S2. The third-order valence-corrected chi connectivity index (χ3v) is 7.68. The molecule has 1 aromatic carbocycles. The minimum atomic E-state index is -3.54. The maximum Gasteiger partial charge on any atom is 0.293 e. The van der Waals surface area contributed by atoms with E-state index in [9.17, 15) is 13.2 Å². The van der Waals surface area contributed by atoms with Crippen LogP contribution >= 0.6 is 11.3 Å². The summed E-state index contributed by atoms with van der Waals surface area (Å²) in [5.74, 6) is 0.217. The van der Waals surface area contributed by atoms with E-state index in [0.717, 1.165) is 25.3 Å². The van der Waals surface area contributed by atoms with Gasteiger partial charge in [0.15, 0.2) is 20.7 Å². The van der Waals surface area contributed by atoms with Crippen LogP contribution in [0.2, 0.25) is 0 Å². The average Bonchev–Trinajstić information content (AvgIpc) is 3.38. The molecule has 3 aromatic rings. The van der Waals surface area contributed by atoms with Crippen molar-refractivity contribution in [1.29, 1.82) is 0 Å². The van der Waals surface area contributed by atoms with Gasteiger partial charge in [-0.3, -0.25) is 15.0 Å². The van der Waals surface area contributed by atoms with Gasteiger partial charge in [0, 0.05) is 18.5 Å². The molecule has 1 amide bonds. The summed E-state index contributed by atoms with van der Waals surface area (Å²) >= 11 is 1.37. The highest BCUT2D eigenvalue weighted by Crippen LogP contribution is 2.22. The van der Waals surface area contributed by atoms with Gasteiger partial charge in [0.2, 0.25) is 0 Å². The summed E-state index contributed by atoms with van der Waals surface area (Å²) in [6.45, 7) is 5.19. The molecule has 1 saturated heterocycles. The molecule has 1 aliphatic rings. The maximum absolute atomic E-state index is 12.5. The number of anilines is 1. The number of carbonyl (C=O) groups excluding carboxylic acids is 1. The SMILES string of the molecule is CC1CCCN(Cc2csc(NC(=O)c3ccc(CS(=O)(=O)c4ccccc4)o3)n2)C1. The van der Waals surface area contributed by atoms with Crippen LogP contribution in [0.5, 0.6) is 0 Å². The Kier molecular flexibility index (Phi) is 6.54. The molecule has 1 fully saturated rings. The third-order valence-electron chi connectivity index (χ3n) is 5.22. The molecule has 2 aromatic heterocycles. The van der Waals surface area contributed by atoms with E-state index in [0.29, 0.717) is 11.0 Å². The van der Waals surface area contributed by atoms with Crippen molar-refractivity contribution in [2.24, 2.45) is 5.92 Å². The highest BCUT2D eigenvalue weighted by molar-refractivity contribution is 7.90. The van der Waals surface area contributed by atoms with Gasteiger partial charge in [-0.15, -0.1) is 11.3 Å². The molecule has 0 bridgehead atoms. The van der Waals surface area contributed by atoms with E-state index >= 15 is 0 Å². The number of likely N-dealkylation sites (tertiary alicyclic amines) is 1. The fourth-order valence-electron chi connectivity index (χ4n) is 3.73. The molecule has 3 heterocycles. The van der Waals surface area contributed by atoms with Gasteiger partial charge in [-0.2, -0.15) is 0 Å². The molecule has 4 rings (SSSR count). The van der Waals surface area contributed by atoms with Crippen LogP contribution < -0.4 is 5.32 Å². The molecule has 0 radical (unpaired) electrons. The monoisotopic (exact) mass is 459 g/mol. The third kappa shape index (κ3) is 5.61. The van der Waals surface area contributed by atoms with Gasteiger partial charge in [-0.05, 0) is 49.6 Å². The van der Waals surface area contributed by atoms with Gasteiger partial charge >= 0.3 is 0 Å². The zero-order valence-electron chi connectivity index (χ0n) is 17.3. The van der Waals surface area contributed by atoms with E-state index in [2.05, 4.69) is 22.1 Å². The summed E-state index contributed by atoms with van der Waals surface area (Å²) in [5, 5.41) is 5.19. The molecule has 1 aliphatic heterocycles. The summed E-state index contributed by atoms with van der Waals surface area (Å²) in [5.41, 5.74) is 0.934. The van der Waals surface area contributed by atoms with Crippen molar-refractivity contribution < 1.29 is 17.6 Å². The van der Waals surface area contributed by atoms with Gasteiger partial charge in [-0.25, -0.2) is 13.4 Å². The molecule has 0 spiro atoms.